The lowest BCUT2D eigenvalue weighted by Gasteiger charge is -2.41. The highest BCUT2D eigenvalue weighted by Gasteiger charge is 2.38. The van der Waals surface area contributed by atoms with Gasteiger partial charge < -0.3 is 19.5 Å². The molecule has 2 aromatic rings. The molecule has 2 aliphatic rings. The molecule has 0 spiro atoms. The van der Waals surface area contributed by atoms with E-state index in [1.807, 2.05) is 26.0 Å². The zero-order valence-corrected chi connectivity index (χ0v) is 22.4. The van der Waals surface area contributed by atoms with Gasteiger partial charge in [-0.3, -0.25) is 10.2 Å². The second-order valence-corrected chi connectivity index (χ2v) is 9.95. The molecule has 2 aliphatic heterocycles. The van der Waals surface area contributed by atoms with Gasteiger partial charge in [0.05, 0.1) is 19.3 Å². The zero-order valence-electron chi connectivity index (χ0n) is 21.6. The van der Waals surface area contributed by atoms with E-state index in [4.69, 9.17) is 25.8 Å². The average molecular weight is 549 g/mol. The number of hydrogen-bond donors (Lipinski definition) is 2. The number of benzene rings is 2. The molecule has 0 bridgehead atoms. The monoisotopic (exact) mass is 548 g/mol. The van der Waals surface area contributed by atoms with Crippen molar-refractivity contribution >= 4 is 29.4 Å². The summed E-state index contributed by atoms with van der Waals surface area (Å²) < 4.78 is 31.4. The average Bonchev–Trinajstić information content (AvgIpc) is 2.89. The molecule has 2 fully saturated rings. The Morgan fingerprint density at radius 3 is 2.66 bits per heavy atom. The SMILES string of the molecule is CC(C)Oc1ccc(NC2NC(=O)N(CCCOC3CCCCO3)C(=O)N2Cc2ccc(Cl)cc2)cc1F. The fourth-order valence-corrected chi connectivity index (χ4v) is 4.39. The van der Waals surface area contributed by atoms with E-state index in [1.54, 1.807) is 18.2 Å². The number of carbonyl (C=O) groups is 2. The van der Waals surface area contributed by atoms with Crippen molar-refractivity contribution in [1.29, 1.82) is 0 Å². The number of ether oxygens (including phenoxy) is 3. The number of nitrogens with one attached hydrogen (secondary N) is 2. The Bertz CT molecular complexity index is 1100. The number of imide groups is 1. The first kappa shape index (κ1) is 27.9. The number of halogens is 2. The quantitative estimate of drug-likeness (QED) is 0.358. The summed E-state index contributed by atoms with van der Waals surface area (Å²) in [5.41, 5.74) is 1.20. The molecule has 2 aromatic carbocycles. The molecule has 9 nitrogen and oxygen atoms in total. The van der Waals surface area contributed by atoms with Gasteiger partial charge in [0.15, 0.2) is 24.1 Å². The number of rotatable bonds is 11. The molecule has 4 rings (SSSR count). The number of anilines is 1. The van der Waals surface area contributed by atoms with E-state index in [-0.39, 0.29) is 31.2 Å². The van der Waals surface area contributed by atoms with Crippen LogP contribution in [0.2, 0.25) is 5.02 Å². The lowest BCUT2D eigenvalue weighted by atomic mass is 10.2. The number of hydrogen-bond acceptors (Lipinski definition) is 6. The van der Waals surface area contributed by atoms with Crippen LogP contribution in [0.5, 0.6) is 5.75 Å². The Kier molecular flexibility index (Phi) is 9.65. The van der Waals surface area contributed by atoms with Crippen molar-refractivity contribution in [2.24, 2.45) is 0 Å². The van der Waals surface area contributed by atoms with Crippen molar-refractivity contribution in [3.63, 3.8) is 0 Å². The minimum absolute atomic E-state index is 0.124. The molecule has 2 unspecified atom stereocenters. The normalized spacial score (nSPS) is 20.0. The van der Waals surface area contributed by atoms with Crippen molar-refractivity contribution in [2.45, 2.75) is 64.8 Å². The molecule has 38 heavy (non-hydrogen) atoms. The molecule has 11 heteroatoms. The van der Waals surface area contributed by atoms with Gasteiger partial charge in [-0.1, -0.05) is 23.7 Å². The van der Waals surface area contributed by atoms with Gasteiger partial charge in [-0.15, -0.1) is 0 Å². The van der Waals surface area contributed by atoms with Crippen LogP contribution in [-0.2, 0) is 16.0 Å². The van der Waals surface area contributed by atoms with Crippen molar-refractivity contribution in [2.75, 3.05) is 25.1 Å². The minimum Gasteiger partial charge on any atom is -0.488 e. The summed E-state index contributed by atoms with van der Waals surface area (Å²) in [7, 11) is 0. The van der Waals surface area contributed by atoms with E-state index in [2.05, 4.69) is 10.6 Å². The van der Waals surface area contributed by atoms with Crippen LogP contribution in [-0.4, -0.2) is 60.3 Å². The van der Waals surface area contributed by atoms with Gasteiger partial charge in [-0.2, -0.15) is 0 Å². The predicted molar refractivity (Wildman–Crippen MR) is 141 cm³/mol. The lowest BCUT2D eigenvalue weighted by molar-refractivity contribution is -0.162. The minimum atomic E-state index is -0.912. The molecule has 2 atom stereocenters. The van der Waals surface area contributed by atoms with Crippen LogP contribution in [0.4, 0.5) is 19.7 Å². The van der Waals surface area contributed by atoms with Crippen LogP contribution >= 0.6 is 11.6 Å². The number of urea groups is 2. The molecule has 0 aliphatic carbocycles. The van der Waals surface area contributed by atoms with Crippen molar-refractivity contribution in [1.82, 2.24) is 15.1 Å². The molecule has 0 radical (unpaired) electrons. The van der Waals surface area contributed by atoms with E-state index >= 15 is 0 Å². The van der Waals surface area contributed by atoms with E-state index in [9.17, 15) is 14.0 Å². The summed E-state index contributed by atoms with van der Waals surface area (Å²) in [6.07, 6.45) is 2.07. The molecule has 206 valence electrons. The van der Waals surface area contributed by atoms with Gasteiger partial charge in [-0.25, -0.2) is 18.9 Å². The fourth-order valence-electron chi connectivity index (χ4n) is 4.26. The van der Waals surface area contributed by atoms with Crippen LogP contribution in [0.25, 0.3) is 0 Å². The Hall–Kier alpha value is -3.08. The molecule has 0 aromatic heterocycles. The Balaban J connectivity index is 1.45. The topological polar surface area (TPSA) is 92.4 Å². The maximum absolute atomic E-state index is 14.6. The zero-order chi connectivity index (χ0) is 27.1. The number of amides is 4. The van der Waals surface area contributed by atoms with E-state index in [1.165, 1.54) is 17.0 Å². The highest BCUT2D eigenvalue weighted by Crippen LogP contribution is 2.25. The van der Waals surface area contributed by atoms with Gasteiger partial charge >= 0.3 is 12.1 Å². The lowest BCUT2D eigenvalue weighted by Crippen LogP contribution is -2.67. The van der Waals surface area contributed by atoms with E-state index in [0.717, 1.165) is 29.7 Å². The van der Waals surface area contributed by atoms with Crippen LogP contribution in [0.3, 0.4) is 0 Å². The van der Waals surface area contributed by atoms with Gasteiger partial charge in [0.25, 0.3) is 0 Å². The fraction of sp³-hybridized carbons (Fsp3) is 0.481. The first-order valence-corrected chi connectivity index (χ1v) is 13.3. The predicted octanol–water partition coefficient (Wildman–Crippen LogP) is 5.54. The first-order valence-electron chi connectivity index (χ1n) is 12.9. The van der Waals surface area contributed by atoms with Crippen molar-refractivity contribution < 1.29 is 28.2 Å². The van der Waals surface area contributed by atoms with Gasteiger partial charge in [-0.05, 0) is 69.4 Å². The molecule has 2 saturated heterocycles. The van der Waals surface area contributed by atoms with Crippen LogP contribution in [0.15, 0.2) is 42.5 Å². The molecule has 2 N–H and O–H groups in total. The largest absolute Gasteiger partial charge is 0.488 e. The number of carbonyl (C=O) groups excluding carboxylic acids is 2. The Labute approximate surface area is 227 Å². The van der Waals surface area contributed by atoms with Crippen LogP contribution in [0, 0.1) is 5.82 Å². The second kappa shape index (κ2) is 13.1. The summed E-state index contributed by atoms with van der Waals surface area (Å²) in [4.78, 5) is 29.1. The standard InChI is InChI=1S/C27H34ClFN4O5/c1-18(2)38-23-12-11-21(16-22(23)29)30-25-31-26(34)32(13-5-15-37-24-6-3-4-14-36-24)27(35)33(25)17-19-7-9-20(28)10-8-19/h7-12,16,18,24-25,30H,3-6,13-15,17H2,1-2H3,(H,31,34). The summed E-state index contributed by atoms with van der Waals surface area (Å²) in [6, 6.07) is 10.5. The summed E-state index contributed by atoms with van der Waals surface area (Å²) in [5, 5.41) is 6.45. The first-order chi connectivity index (χ1) is 18.3. The maximum atomic E-state index is 14.6. The molecular formula is C27H34ClFN4O5. The summed E-state index contributed by atoms with van der Waals surface area (Å²) in [5.74, 6) is -0.427. The third-order valence-corrected chi connectivity index (χ3v) is 6.38. The van der Waals surface area contributed by atoms with E-state index < -0.39 is 24.2 Å². The Morgan fingerprint density at radius 1 is 1.18 bits per heavy atom. The smallest absolute Gasteiger partial charge is 0.331 e. The summed E-state index contributed by atoms with van der Waals surface area (Å²) >= 11 is 6.02. The van der Waals surface area contributed by atoms with Gasteiger partial charge in [0.1, 0.15) is 0 Å². The van der Waals surface area contributed by atoms with Gasteiger partial charge in [0, 0.05) is 29.9 Å². The molecular weight excluding hydrogens is 515 g/mol. The van der Waals surface area contributed by atoms with Crippen molar-refractivity contribution in [3.05, 3.63) is 58.9 Å². The third-order valence-electron chi connectivity index (χ3n) is 6.13. The highest BCUT2D eigenvalue weighted by molar-refractivity contribution is 6.30. The molecule has 0 saturated carbocycles. The molecule has 4 amide bonds. The second-order valence-electron chi connectivity index (χ2n) is 9.52. The van der Waals surface area contributed by atoms with Gasteiger partial charge in [0.2, 0.25) is 0 Å². The third kappa shape index (κ3) is 7.49. The summed E-state index contributed by atoms with van der Waals surface area (Å²) in [6.45, 7) is 5.04. The van der Waals surface area contributed by atoms with Crippen molar-refractivity contribution in [3.8, 4) is 5.75 Å². The molecule has 2 heterocycles. The van der Waals surface area contributed by atoms with Crippen LogP contribution in [0.1, 0.15) is 45.1 Å². The highest BCUT2D eigenvalue weighted by atomic mass is 35.5. The van der Waals surface area contributed by atoms with E-state index in [0.29, 0.717) is 30.3 Å². The Morgan fingerprint density at radius 2 is 1.97 bits per heavy atom. The number of nitrogens with zero attached hydrogens (tertiary/aromatic N) is 2. The van der Waals surface area contributed by atoms with Crippen LogP contribution < -0.4 is 15.4 Å². The maximum Gasteiger partial charge on any atom is 0.331 e.